The second-order valence-corrected chi connectivity index (χ2v) is 7.66. The molecule has 0 N–H and O–H groups in total. The minimum atomic E-state index is 0.277. The number of nitrogens with zero attached hydrogens (tertiary/aromatic N) is 4. The van der Waals surface area contributed by atoms with E-state index in [9.17, 15) is 4.79 Å². The third-order valence-electron chi connectivity index (χ3n) is 5.31. The maximum atomic E-state index is 13.0. The number of amides is 1. The van der Waals surface area contributed by atoms with Gasteiger partial charge in [0.05, 0.1) is 18.8 Å². The summed E-state index contributed by atoms with van der Waals surface area (Å²) < 4.78 is 1.85. The van der Waals surface area contributed by atoms with Crippen LogP contribution in [0.5, 0.6) is 0 Å². The van der Waals surface area contributed by atoms with E-state index in [4.69, 9.17) is 0 Å². The Balaban J connectivity index is 1.45. The van der Waals surface area contributed by atoms with Crippen molar-refractivity contribution in [2.24, 2.45) is 7.05 Å². The molecule has 24 heavy (non-hydrogen) atoms. The van der Waals surface area contributed by atoms with Crippen LogP contribution in [0.25, 0.3) is 0 Å². The van der Waals surface area contributed by atoms with Crippen LogP contribution in [0.3, 0.4) is 0 Å². The normalized spacial score (nSPS) is 24.8. The molecule has 0 bridgehead atoms. The number of thiophene rings is 1. The highest BCUT2D eigenvalue weighted by molar-refractivity contribution is 7.07. The van der Waals surface area contributed by atoms with E-state index in [-0.39, 0.29) is 11.9 Å². The van der Waals surface area contributed by atoms with Gasteiger partial charge in [0.25, 0.3) is 0 Å². The summed E-state index contributed by atoms with van der Waals surface area (Å²) in [6.45, 7) is 2.42. The van der Waals surface area contributed by atoms with Crippen molar-refractivity contribution in [3.8, 4) is 0 Å². The number of hydrogen-bond donors (Lipinski definition) is 0. The van der Waals surface area contributed by atoms with Gasteiger partial charge in [-0.15, -0.1) is 0 Å². The summed E-state index contributed by atoms with van der Waals surface area (Å²) in [5.41, 5.74) is 2.54. The lowest BCUT2D eigenvalue weighted by atomic mass is 10.1. The van der Waals surface area contributed by atoms with Crippen molar-refractivity contribution < 1.29 is 4.79 Å². The molecule has 6 heteroatoms. The van der Waals surface area contributed by atoms with Gasteiger partial charge in [-0.05, 0) is 54.6 Å². The molecule has 2 unspecified atom stereocenters. The average molecular weight is 344 g/mol. The minimum absolute atomic E-state index is 0.277. The van der Waals surface area contributed by atoms with Crippen molar-refractivity contribution in [3.05, 3.63) is 40.3 Å². The Kier molecular flexibility index (Phi) is 4.41. The molecule has 2 aliphatic rings. The fourth-order valence-corrected chi connectivity index (χ4v) is 4.85. The molecular formula is C18H24N4OS. The zero-order valence-electron chi connectivity index (χ0n) is 14.1. The van der Waals surface area contributed by atoms with Crippen molar-refractivity contribution in [2.75, 3.05) is 19.6 Å². The monoisotopic (exact) mass is 344 g/mol. The van der Waals surface area contributed by atoms with Gasteiger partial charge in [-0.3, -0.25) is 14.4 Å². The van der Waals surface area contributed by atoms with E-state index in [2.05, 4.69) is 37.9 Å². The maximum Gasteiger partial charge on any atom is 0.237 e. The zero-order chi connectivity index (χ0) is 16.5. The Hall–Kier alpha value is -1.66. The molecule has 0 saturated carbocycles. The molecule has 1 amide bonds. The van der Waals surface area contributed by atoms with Crippen LogP contribution in [0.1, 0.15) is 48.9 Å². The molecule has 2 aromatic heterocycles. The molecule has 0 spiro atoms. The molecule has 2 atom stereocenters. The van der Waals surface area contributed by atoms with E-state index in [0.717, 1.165) is 38.8 Å². The maximum absolute atomic E-state index is 13.0. The molecule has 0 aromatic carbocycles. The number of aryl methyl sites for hydroxylation is 1. The lowest BCUT2D eigenvalue weighted by molar-refractivity contribution is -0.133. The minimum Gasteiger partial charge on any atom is -0.335 e. The molecule has 2 fully saturated rings. The zero-order valence-corrected chi connectivity index (χ0v) is 14.9. The van der Waals surface area contributed by atoms with Crippen LogP contribution < -0.4 is 0 Å². The molecule has 2 saturated heterocycles. The van der Waals surface area contributed by atoms with Crippen LogP contribution in [0, 0.1) is 0 Å². The van der Waals surface area contributed by atoms with Gasteiger partial charge in [0.1, 0.15) is 0 Å². The number of rotatable bonds is 4. The summed E-state index contributed by atoms with van der Waals surface area (Å²) in [4.78, 5) is 17.4. The summed E-state index contributed by atoms with van der Waals surface area (Å²) in [5.74, 6) is 0.277. The highest BCUT2D eigenvalue weighted by atomic mass is 32.1. The Morgan fingerprint density at radius 2 is 2.08 bits per heavy atom. The predicted octanol–water partition coefficient (Wildman–Crippen LogP) is 2.98. The lowest BCUT2D eigenvalue weighted by Gasteiger charge is -2.29. The second kappa shape index (κ2) is 6.69. The Morgan fingerprint density at radius 1 is 1.25 bits per heavy atom. The van der Waals surface area contributed by atoms with E-state index in [1.54, 1.807) is 11.3 Å². The molecular weight excluding hydrogens is 320 g/mol. The molecule has 4 rings (SSSR count). The van der Waals surface area contributed by atoms with Crippen molar-refractivity contribution >= 4 is 17.2 Å². The van der Waals surface area contributed by atoms with E-state index in [0.29, 0.717) is 12.6 Å². The van der Waals surface area contributed by atoms with Gasteiger partial charge in [0.2, 0.25) is 5.91 Å². The first-order valence-corrected chi connectivity index (χ1v) is 9.71. The summed E-state index contributed by atoms with van der Waals surface area (Å²) in [5, 5.41) is 8.59. The van der Waals surface area contributed by atoms with E-state index in [1.807, 2.05) is 17.9 Å². The third-order valence-corrected chi connectivity index (χ3v) is 6.01. The van der Waals surface area contributed by atoms with Crippen molar-refractivity contribution in [1.82, 2.24) is 19.6 Å². The standard InChI is InChI=1S/C18H24N4OS/c1-20-11-15(10-19-20)16-4-2-7-21(16)12-18(23)22-8-3-5-17(22)14-6-9-24-13-14/h6,9-11,13,16-17H,2-5,7-8,12H2,1H3. The first-order valence-electron chi connectivity index (χ1n) is 8.76. The predicted molar refractivity (Wildman–Crippen MR) is 94.8 cm³/mol. The molecule has 0 radical (unpaired) electrons. The summed E-state index contributed by atoms with van der Waals surface area (Å²) in [6.07, 6.45) is 8.50. The van der Waals surface area contributed by atoms with Crippen molar-refractivity contribution in [1.29, 1.82) is 0 Å². The average Bonchev–Trinajstić information content (AvgIpc) is 3.34. The molecule has 2 aromatic rings. The quantitative estimate of drug-likeness (QED) is 0.856. The molecule has 2 aliphatic heterocycles. The summed E-state index contributed by atoms with van der Waals surface area (Å²) in [7, 11) is 1.95. The molecule has 4 heterocycles. The van der Waals surface area contributed by atoms with E-state index in [1.165, 1.54) is 11.1 Å². The fraction of sp³-hybridized carbons (Fsp3) is 0.556. The number of carbonyl (C=O) groups is 1. The highest BCUT2D eigenvalue weighted by Gasteiger charge is 2.34. The van der Waals surface area contributed by atoms with Gasteiger partial charge >= 0.3 is 0 Å². The van der Waals surface area contributed by atoms with Gasteiger partial charge in [-0.1, -0.05) is 0 Å². The molecule has 5 nitrogen and oxygen atoms in total. The first-order chi connectivity index (χ1) is 11.7. The van der Waals surface area contributed by atoms with Crippen molar-refractivity contribution in [3.63, 3.8) is 0 Å². The van der Waals surface area contributed by atoms with Gasteiger partial charge in [-0.25, -0.2) is 0 Å². The van der Waals surface area contributed by atoms with E-state index < -0.39 is 0 Å². The topological polar surface area (TPSA) is 41.4 Å². The van der Waals surface area contributed by atoms with Crippen LogP contribution >= 0.6 is 11.3 Å². The van der Waals surface area contributed by atoms with Crippen molar-refractivity contribution in [2.45, 2.75) is 37.8 Å². The Bertz CT molecular complexity index is 696. The largest absolute Gasteiger partial charge is 0.335 e. The lowest BCUT2D eigenvalue weighted by Crippen LogP contribution is -2.39. The summed E-state index contributed by atoms with van der Waals surface area (Å²) >= 11 is 1.72. The van der Waals surface area contributed by atoms with Gasteiger partial charge in [-0.2, -0.15) is 16.4 Å². The van der Waals surface area contributed by atoms with Crippen LogP contribution in [0.15, 0.2) is 29.2 Å². The van der Waals surface area contributed by atoms with Crippen LogP contribution in [0.4, 0.5) is 0 Å². The van der Waals surface area contributed by atoms with Gasteiger partial charge < -0.3 is 4.90 Å². The number of carbonyl (C=O) groups excluding carboxylic acids is 1. The number of aromatic nitrogens is 2. The third kappa shape index (κ3) is 3.00. The van der Waals surface area contributed by atoms with Crippen LogP contribution in [0.2, 0.25) is 0 Å². The summed E-state index contributed by atoms with van der Waals surface area (Å²) in [6, 6.07) is 2.78. The van der Waals surface area contributed by atoms with Gasteiger partial charge in [0.15, 0.2) is 0 Å². The fourth-order valence-electron chi connectivity index (χ4n) is 4.15. The smallest absolute Gasteiger partial charge is 0.237 e. The van der Waals surface area contributed by atoms with Crippen LogP contribution in [-0.4, -0.2) is 45.1 Å². The number of likely N-dealkylation sites (tertiary alicyclic amines) is 2. The first kappa shape index (κ1) is 15.8. The van der Waals surface area contributed by atoms with Gasteiger partial charge in [0, 0.05) is 31.4 Å². The Morgan fingerprint density at radius 3 is 2.83 bits per heavy atom. The SMILES string of the molecule is Cn1cc(C2CCCN2CC(=O)N2CCCC2c2ccsc2)cn1. The molecule has 0 aliphatic carbocycles. The molecule has 128 valence electrons. The van der Waals surface area contributed by atoms with Crippen LogP contribution in [-0.2, 0) is 11.8 Å². The second-order valence-electron chi connectivity index (χ2n) is 6.88. The Labute approximate surface area is 146 Å². The van der Waals surface area contributed by atoms with E-state index >= 15 is 0 Å². The number of hydrogen-bond acceptors (Lipinski definition) is 4. The highest BCUT2D eigenvalue weighted by Crippen LogP contribution is 2.35.